The highest BCUT2D eigenvalue weighted by atomic mass is 16.1. The lowest BCUT2D eigenvalue weighted by Gasteiger charge is -2.06. The predicted molar refractivity (Wildman–Crippen MR) is 99.6 cm³/mol. The van der Waals surface area contributed by atoms with Crippen LogP contribution in [0.15, 0.2) is 60.7 Å². The molecule has 0 heterocycles. The molecule has 3 N–H and O–H groups in total. The molecule has 0 unspecified atom stereocenters. The molecule has 0 aromatic heterocycles. The van der Waals surface area contributed by atoms with Crippen molar-refractivity contribution in [3.05, 3.63) is 71.8 Å². The molecule has 0 atom stereocenters. The minimum Gasteiger partial charge on any atom is -0.328 e. The fourth-order valence-corrected chi connectivity index (χ4v) is 1.45. The highest BCUT2D eigenvalue weighted by molar-refractivity contribution is 5.74. The molecule has 2 aromatic rings. The molecular weight excluding hydrogens is 284 g/mol. The maximum absolute atomic E-state index is 10.0. The van der Waals surface area contributed by atoms with Crippen LogP contribution in [-0.2, 0) is 6.54 Å². The minimum absolute atomic E-state index is 0.333. The van der Waals surface area contributed by atoms with Crippen molar-refractivity contribution in [1.82, 2.24) is 5.32 Å². The Bertz CT molecular complexity index is 493. The fraction of sp³-hybridized carbons (Fsp3) is 0.350. The average molecular weight is 314 g/mol. The SMILES string of the molecule is CC(C)N.CC(C)NCc1ccccc1.O=Cc1ccccc1. The van der Waals surface area contributed by atoms with E-state index in [9.17, 15) is 4.79 Å². The second-order valence-electron chi connectivity index (χ2n) is 5.79. The summed E-state index contributed by atoms with van der Waals surface area (Å²) in [6.07, 6.45) is 0.833. The molecule has 23 heavy (non-hydrogen) atoms. The van der Waals surface area contributed by atoms with Crippen LogP contribution in [-0.4, -0.2) is 18.4 Å². The third-order valence-electron chi connectivity index (χ3n) is 2.49. The number of aldehydes is 1. The highest BCUT2D eigenvalue weighted by Gasteiger charge is 1.92. The van der Waals surface area contributed by atoms with Gasteiger partial charge in [-0.25, -0.2) is 0 Å². The normalized spacial score (nSPS) is 9.52. The van der Waals surface area contributed by atoms with Crippen molar-refractivity contribution >= 4 is 6.29 Å². The zero-order valence-corrected chi connectivity index (χ0v) is 14.7. The van der Waals surface area contributed by atoms with Gasteiger partial charge in [-0.15, -0.1) is 0 Å². The molecule has 126 valence electrons. The molecule has 2 aromatic carbocycles. The van der Waals surface area contributed by atoms with E-state index in [1.54, 1.807) is 12.1 Å². The summed E-state index contributed by atoms with van der Waals surface area (Å²) in [6.45, 7) is 9.17. The summed E-state index contributed by atoms with van der Waals surface area (Å²) in [5.74, 6) is 0. The van der Waals surface area contributed by atoms with Gasteiger partial charge in [-0.1, -0.05) is 88.4 Å². The van der Waals surface area contributed by atoms with E-state index >= 15 is 0 Å². The van der Waals surface area contributed by atoms with Crippen LogP contribution in [0.25, 0.3) is 0 Å². The first-order valence-electron chi connectivity index (χ1n) is 7.98. The van der Waals surface area contributed by atoms with Gasteiger partial charge in [-0.2, -0.15) is 0 Å². The molecule has 0 bridgehead atoms. The summed E-state index contributed by atoms with van der Waals surface area (Å²) in [4.78, 5) is 10.0. The number of rotatable bonds is 4. The van der Waals surface area contributed by atoms with Crippen molar-refractivity contribution in [3.8, 4) is 0 Å². The molecule has 0 aliphatic rings. The van der Waals surface area contributed by atoms with E-state index < -0.39 is 0 Å². The third-order valence-corrected chi connectivity index (χ3v) is 2.49. The molecule has 0 amide bonds. The zero-order valence-electron chi connectivity index (χ0n) is 14.7. The Morgan fingerprint density at radius 1 is 0.913 bits per heavy atom. The Morgan fingerprint density at radius 2 is 1.35 bits per heavy atom. The summed E-state index contributed by atoms with van der Waals surface area (Å²) in [5.41, 5.74) is 7.19. The monoisotopic (exact) mass is 314 g/mol. The van der Waals surface area contributed by atoms with E-state index in [4.69, 9.17) is 5.73 Å². The van der Waals surface area contributed by atoms with Crippen LogP contribution in [0.5, 0.6) is 0 Å². The Kier molecular flexibility index (Phi) is 12.5. The second-order valence-corrected chi connectivity index (χ2v) is 5.79. The molecule has 0 saturated carbocycles. The summed E-state index contributed by atoms with van der Waals surface area (Å²) < 4.78 is 0. The van der Waals surface area contributed by atoms with E-state index in [0.29, 0.717) is 12.1 Å². The van der Waals surface area contributed by atoms with Crippen LogP contribution in [0.4, 0.5) is 0 Å². The van der Waals surface area contributed by atoms with Crippen LogP contribution in [0.1, 0.15) is 43.6 Å². The molecule has 0 aliphatic heterocycles. The minimum atomic E-state index is 0.333. The van der Waals surface area contributed by atoms with Crippen LogP contribution >= 0.6 is 0 Å². The van der Waals surface area contributed by atoms with Gasteiger partial charge in [0.1, 0.15) is 6.29 Å². The predicted octanol–water partition coefficient (Wildman–Crippen LogP) is 4.04. The van der Waals surface area contributed by atoms with Crippen molar-refractivity contribution in [1.29, 1.82) is 0 Å². The van der Waals surface area contributed by atoms with Gasteiger partial charge in [0.15, 0.2) is 0 Å². The van der Waals surface area contributed by atoms with Crippen molar-refractivity contribution in [3.63, 3.8) is 0 Å². The van der Waals surface area contributed by atoms with Crippen LogP contribution in [0, 0.1) is 0 Å². The summed E-state index contributed by atoms with van der Waals surface area (Å²) >= 11 is 0. The summed E-state index contributed by atoms with van der Waals surface area (Å²) in [7, 11) is 0. The lowest BCUT2D eigenvalue weighted by Crippen LogP contribution is -2.21. The van der Waals surface area contributed by atoms with Gasteiger partial charge >= 0.3 is 0 Å². The number of nitrogens with two attached hydrogens (primary N) is 1. The van der Waals surface area contributed by atoms with Crippen LogP contribution < -0.4 is 11.1 Å². The number of carbonyl (C=O) groups excluding carboxylic acids is 1. The summed E-state index contributed by atoms with van der Waals surface area (Å²) in [6, 6.07) is 20.4. The molecule has 0 radical (unpaired) electrons. The molecule has 0 spiro atoms. The smallest absolute Gasteiger partial charge is 0.150 e. The first kappa shape index (κ1) is 21.0. The Balaban J connectivity index is 0.000000354. The van der Waals surface area contributed by atoms with Gasteiger partial charge in [0.25, 0.3) is 0 Å². The summed E-state index contributed by atoms with van der Waals surface area (Å²) in [5, 5.41) is 3.36. The number of hydrogen-bond donors (Lipinski definition) is 2. The third kappa shape index (κ3) is 14.7. The van der Waals surface area contributed by atoms with Crippen molar-refractivity contribution in [2.24, 2.45) is 5.73 Å². The topological polar surface area (TPSA) is 55.1 Å². The standard InChI is InChI=1S/C10H15N.C7H6O.C3H9N/c1-9(2)11-8-10-6-4-3-5-7-10;8-6-7-4-2-1-3-5-7;1-3(2)4/h3-7,9,11H,8H2,1-2H3;1-6H;3H,4H2,1-2H3. The molecule has 3 nitrogen and oxygen atoms in total. The van der Waals surface area contributed by atoms with Crippen molar-refractivity contribution < 1.29 is 4.79 Å². The lowest BCUT2D eigenvalue weighted by atomic mass is 10.2. The van der Waals surface area contributed by atoms with Gasteiger partial charge in [0.2, 0.25) is 0 Å². The number of nitrogens with one attached hydrogen (secondary N) is 1. The van der Waals surface area contributed by atoms with Gasteiger partial charge in [-0.05, 0) is 11.6 Å². The number of benzene rings is 2. The van der Waals surface area contributed by atoms with Gasteiger partial charge < -0.3 is 11.1 Å². The maximum atomic E-state index is 10.0. The van der Waals surface area contributed by atoms with E-state index in [0.717, 1.165) is 18.4 Å². The lowest BCUT2D eigenvalue weighted by molar-refractivity contribution is 0.112. The molecule has 2 rings (SSSR count). The molecule has 0 fully saturated rings. The quantitative estimate of drug-likeness (QED) is 0.838. The highest BCUT2D eigenvalue weighted by Crippen LogP contribution is 1.97. The van der Waals surface area contributed by atoms with Crippen LogP contribution in [0.3, 0.4) is 0 Å². The first-order chi connectivity index (χ1) is 11.0. The second kappa shape index (κ2) is 13.7. The maximum Gasteiger partial charge on any atom is 0.150 e. The van der Waals surface area contributed by atoms with Gasteiger partial charge in [-0.3, -0.25) is 4.79 Å². The first-order valence-corrected chi connectivity index (χ1v) is 7.98. The molecule has 3 heteroatoms. The van der Waals surface area contributed by atoms with Crippen molar-refractivity contribution in [2.45, 2.75) is 46.3 Å². The van der Waals surface area contributed by atoms with E-state index in [1.807, 2.05) is 38.1 Å². The molecule has 0 saturated heterocycles. The van der Waals surface area contributed by atoms with Gasteiger partial charge in [0.05, 0.1) is 0 Å². The van der Waals surface area contributed by atoms with E-state index in [1.165, 1.54) is 5.56 Å². The van der Waals surface area contributed by atoms with Gasteiger partial charge in [0, 0.05) is 18.2 Å². The Morgan fingerprint density at radius 3 is 1.70 bits per heavy atom. The van der Waals surface area contributed by atoms with Crippen molar-refractivity contribution in [2.75, 3.05) is 0 Å². The number of hydrogen-bond acceptors (Lipinski definition) is 3. The molecular formula is C20H30N2O. The van der Waals surface area contributed by atoms with E-state index in [-0.39, 0.29) is 0 Å². The Hall–Kier alpha value is -1.97. The fourth-order valence-electron chi connectivity index (χ4n) is 1.45. The molecule has 0 aliphatic carbocycles. The average Bonchev–Trinajstić information content (AvgIpc) is 2.55. The number of carbonyl (C=O) groups is 1. The Labute approximate surface area is 140 Å². The largest absolute Gasteiger partial charge is 0.328 e. The zero-order chi connectivity index (χ0) is 17.5. The van der Waals surface area contributed by atoms with Crippen LogP contribution in [0.2, 0.25) is 0 Å². The van der Waals surface area contributed by atoms with E-state index in [2.05, 4.69) is 43.4 Å².